The average Bonchev–Trinajstić information content (AvgIpc) is 3.05. The lowest BCUT2D eigenvalue weighted by Gasteiger charge is -2.15. The van der Waals surface area contributed by atoms with Gasteiger partial charge in [0.1, 0.15) is 10.9 Å². The van der Waals surface area contributed by atoms with Crippen LogP contribution in [0.15, 0.2) is 59.5 Å². The molecule has 1 heterocycles. The number of nitrogens with zero attached hydrogens (tertiary/aromatic N) is 1. The van der Waals surface area contributed by atoms with Gasteiger partial charge in [0, 0.05) is 6.54 Å². The Morgan fingerprint density at radius 1 is 1.06 bits per heavy atom. The summed E-state index contributed by atoms with van der Waals surface area (Å²) in [5.74, 6) is 0.936. The van der Waals surface area contributed by atoms with Crippen LogP contribution in [0.1, 0.15) is 25.0 Å². The van der Waals surface area contributed by atoms with Crippen LogP contribution in [-0.4, -0.2) is 28.3 Å². The van der Waals surface area contributed by atoms with Crippen LogP contribution >= 0.6 is 35.6 Å². The second-order valence-corrected chi connectivity index (χ2v) is 9.24. The van der Waals surface area contributed by atoms with Gasteiger partial charge in [-0.2, -0.15) is 0 Å². The van der Waals surface area contributed by atoms with Crippen molar-refractivity contribution in [3.05, 3.63) is 75.7 Å². The van der Waals surface area contributed by atoms with E-state index in [0.717, 1.165) is 16.5 Å². The highest BCUT2D eigenvalue weighted by Crippen LogP contribution is 2.39. The minimum absolute atomic E-state index is 0.0896. The minimum atomic E-state index is -0.0896. The number of fused-ring (bicyclic) bond motifs is 1. The fourth-order valence-electron chi connectivity index (χ4n) is 3.48. The first-order valence-corrected chi connectivity index (χ1v) is 11.9. The van der Waals surface area contributed by atoms with Crippen molar-refractivity contribution in [1.29, 1.82) is 0 Å². The van der Waals surface area contributed by atoms with Crippen LogP contribution in [0.3, 0.4) is 0 Å². The van der Waals surface area contributed by atoms with E-state index in [0.29, 0.717) is 45.5 Å². The summed E-state index contributed by atoms with van der Waals surface area (Å²) in [6.07, 6.45) is 1.79. The smallest absolute Gasteiger partial charge is 0.266 e. The summed E-state index contributed by atoms with van der Waals surface area (Å²) in [7, 11) is 0. The summed E-state index contributed by atoms with van der Waals surface area (Å²) >= 11 is 13.2. The molecule has 0 bridgehead atoms. The zero-order valence-electron chi connectivity index (χ0n) is 17.8. The number of ether oxygens (including phenoxy) is 2. The van der Waals surface area contributed by atoms with Crippen molar-refractivity contribution in [2.75, 3.05) is 13.2 Å². The fraction of sp³-hybridized carbons (Fsp3) is 0.200. The van der Waals surface area contributed by atoms with E-state index < -0.39 is 0 Å². The normalized spacial score (nSPS) is 15.1. The van der Waals surface area contributed by atoms with Crippen LogP contribution in [0.5, 0.6) is 11.5 Å². The Hall–Kier alpha value is -2.54. The Labute approximate surface area is 202 Å². The third kappa shape index (κ3) is 4.77. The molecule has 0 aliphatic carbocycles. The topological polar surface area (TPSA) is 38.8 Å². The highest BCUT2D eigenvalue weighted by molar-refractivity contribution is 8.26. The largest absolute Gasteiger partial charge is 0.490 e. The predicted molar refractivity (Wildman–Crippen MR) is 136 cm³/mol. The lowest BCUT2D eigenvalue weighted by Crippen LogP contribution is -2.27. The Balaban J connectivity index is 1.59. The number of thioether (sulfide) groups is 1. The van der Waals surface area contributed by atoms with Gasteiger partial charge in [-0.15, -0.1) is 0 Å². The Morgan fingerprint density at radius 2 is 1.84 bits per heavy atom. The molecular formula is C25H22ClNO3S2. The van der Waals surface area contributed by atoms with E-state index in [2.05, 4.69) is 24.3 Å². The van der Waals surface area contributed by atoms with Crippen molar-refractivity contribution in [3.63, 3.8) is 0 Å². The Bertz CT molecular complexity index is 1230. The molecule has 4 rings (SSSR count). The maximum Gasteiger partial charge on any atom is 0.266 e. The van der Waals surface area contributed by atoms with Gasteiger partial charge in [0.2, 0.25) is 0 Å². The molecule has 0 radical (unpaired) electrons. The molecule has 3 aromatic rings. The van der Waals surface area contributed by atoms with Gasteiger partial charge < -0.3 is 9.47 Å². The Kier molecular flexibility index (Phi) is 7.04. The molecular weight excluding hydrogens is 462 g/mol. The van der Waals surface area contributed by atoms with E-state index in [-0.39, 0.29) is 5.91 Å². The highest BCUT2D eigenvalue weighted by atomic mass is 35.5. The van der Waals surface area contributed by atoms with E-state index in [9.17, 15) is 4.79 Å². The maximum atomic E-state index is 12.5. The average molecular weight is 484 g/mol. The zero-order chi connectivity index (χ0) is 22.7. The molecule has 7 heteroatoms. The van der Waals surface area contributed by atoms with Crippen LogP contribution in [0.4, 0.5) is 0 Å². The van der Waals surface area contributed by atoms with Crippen molar-refractivity contribution in [3.8, 4) is 11.5 Å². The van der Waals surface area contributed by atoms with E-state index >= 15 is 0 Å². The lowest BCUT2D eigenvalue weighted by atomic mass is 10.1. The number of hydrogen-bond acceptors (Lipinski definition) is 5. The number of carbonyl (C=O) groups excluding carboxylic acids is 1. The van der Waals surface area contributed by atoms with Crippen LogP contribution in [0.25, 0.3) is 16.8 Å². The van der Waals surface area contributed by atoms with E-state index in [4.69, 9.17) is 33.3 Å². The number of halogens is 1. The molecule has 1 aliphatic rings. The second kappa shape index (κ2) is 9.94. The quantitative estimate of drug-likeness (QED) is 0.276. The zero-order valence-corrected chi connectivity index (χ0v) is 20.2. The van der Waals surface area contributed by atoms with Crippen LogP contribution in [-0.2, 0) is 11.4 Å². The van der Waals surface area contributed by atoms with Gasteiger partial charge in [0.05, 0.1) is 16.5 Å². The predicted octanol–water partition coefficient (Wildman–Crippen LogP) is 6.69. The van der Waals surface area contributed by atoms with E-state index in [1.165, 1.54) is 17.1 Å². The number of carbonyl (C=O) groups is 1. The summed E-state index contributed by atoms with van der Waals surface area (Å²) in [4.78, 5) is 14.7. The number of likely N-dealkylation sites (N-methyl/N-ethyl adjacent to an activating group) is 1. The van der Waals surface area contributed by atoms with E-state index in [1.807, 2.05) is 38.1 Å². The molecule has 4 nitrogen and oxygen atoms in total. The molecule has 0 N–H and O–H groups in total. The first-order valence-electron chi connectivity index (χ1n) is 10.3. The molecule has 0 spiro atoms. The third-order valence-electron chi connectivity index (χ3n) is 5.02. The van der Waals surface area contributed by atoms with Crippen molar-refractivity contribution in [2.24, 2.45) is 0 Å². The number of benzene rings is 3. The molecule has 3 aromatic carbocycles. The van der Waals surface area contributed by atoms with Gasteiger partial charge in [-0.1, -0.05) is 72.0 Å². The monoisotopic (exact) mass is 483 g/mol. The second-order valence-electron chi connectivity index (χ2n) is 7.16. The van der Waals surface area contributed by atoms with Crippen LogP contribution < -0.4 is 9.47 Å². The summed E-state index contributed by atoms with van der Waals surface area (Å²) in [5, 5.41) is 2.76. The molecule has 0 atom stereocenters. The van der Waals surface area contributed by atoms with Crippen molar-refractivity contribution in [1.82, 2.24) is 4.90 Å². The molecule has 1 fully saturated rings. The first kappa shape index (κ1) is 22.6. The molecule has 1 aliphatic heterocycles. The summed E-state index contributed by atoms with van der Waals surface area (Å²) in [5.41, 5.74) is 1.79. The maximum absolute atomic E-state index is 12.5. The molecule has 1 saturated heterocycles. The summed E-state index contributed by atoms with van der Waals surface area (Å²) < 4.78 is 12.4. The summed E-state index contributed by atoms with van der Waals surface area (Å²) in [6.45, 7) is 5.18. The van der Waals surface area contributed by atoms with Crippen molar-refractivity contribution < 1.29 is 14.3 Å². The molecule has 32 heavy (non-hydrogen) atoms. The minimum Gasteiger partial charge on any atom is -0.490 e. The fourth-order valence-corrected chi connectivity index (χ4v) is 5.14. The highest BCUT2D eigenvalue weighted by Gasteiger charge is 2.30. The lowest BCUT2D eigenvalue weighted by molar-refractivity contribution is -0.121. The molecule has 0 saturated carbocycles. The van der Waals surface area contributed by atoms with Gasteiger partial charge in [-0.05, 0) is 60.0 Å². The van der Waals surface area contributed by atoms with Gasteiger partial charge in [-0.25, -0.2) is 0 Å². The van der Waals surface area contributed by atoms with Gasteiger partial charge in [-0.3, -0.25) is 9.69 Å². The number of rotatable bonds is 7. The van der Waals surface area contributed by atoms with Crippen LogP contribution in [0.2, 0.25) is 5.02 Å². The standard InChI is InChI=1S/C25H22ClNO3S2/c1-3-27-24(28)22(32-25(27)31)14-17-12-20(26)23(21(13-17)29-4-2)30-15-16-9-10-18-7-5-6-8-19(18)11-16/h5-14H,3-4,15H2,1-2H3. The Morgan fingerprint density at radius 3 is 2.56 bits per heavy atom. The first-order chi connectivity index (χ1) is 15.5. The van der Waals surface area contributed by atoms with E-state index in [1.54, 1.807) is 17.0 Å². The molecule has 0 aromatic heterocycles. The summed E-state index contributed by atoms with van der Waals surface area (Å²) in [6, 6.07) is 18.0. The van der Waals surface area contributed by atoms with Crippen LogP contribution in [0, 0.1) is 0 Å². The third-order valence-corrected chi connectivity index (χ3v) is 6.67. The number of hydrogen-bond donors (Lipinski definition) is 0. The molecule has 1 amide bonds. The molecule has 0 unspecified atom stereocenters. The van der Waals surface area contributed by atoms with Crippen molar-refractivity contribution >= 4 is 62.7 Å². The number of amides is 1. The SMILES string of the molecule is CCOc1cc(C=C2SC(=S)N(CC)C2=O)cc(Cl)c1OCc1ccc2ccccc2c1. The number of thiocarbonyl (C=S) groups is 1. The van der Waals surface area contributed by atoms with Gasteiger partial charge in [0.15, 0.2) is 11.5 Å². The van der Waals surface area contributed by atoms with Gasteiger partial charge in [0.25, 0.3) is 5.91 Å². The van der Waals surface area contributed by atoms with Crippen molar-refractivity contribution in [2.45, 2.75) is 20.5 Å². The molecule has 164 valence electrons. The van der Waals surface area contributed by atoms with Gasteiger partial charge >= 0.3 is 0 Å².